The molecule has 0 saturated heterocycles. The molecule has 2 aromatic rings. The number of rotatable bonds is 3. The van der Waals surface area contributed by atoms with Crippen LogP contribution in [0.3, 0.4) is 0 Å². The first-order chi connectivity index (χ1) is 7.20. The van der Waals surface area contributed by atoms with E-state index in [-0.39, 0.29) is 0 Å². The quantitative estimate of drug-likeness (QED) is 0.834. The first kappa shape index (κ1) is 9.98. The number of oxazole rings is 1. The Hall–Kier alpha value is -1.55. The predicted octanol–water partition coefficient (Wildman–Crippen LogP) is 2.05. The molecular weight excluding hydrogens is 192 g/mol. The van der Waals surface area contributed by atoms with Crippen LogP contribution in [0.4, 0.5) is 0 Å². The molecular formula is C11H14N2O2. The van der Waals surface area contributed by atoms with E-state index >= 15 is 0 Å². The van der Waals surface area contributed by atoms with E-state index in [4.69, 9.17) is 14.6 Å². The number of hydrogen-bond acceptors (Lipinski definition) is 4. The first-order valence-corrected chi connectivity index (χ1v) is 4.93. The van der Waals surface area contributed by atoms with Gasteiger partial charge in [-0.2, -0.15) is 0 Å². The molecule has 15 heavy (non-hydrogen) atoms. The summed E-state index contributed by atoms with van der Waals surface area (Å²) >= 11 is 0. The van der Waals surface area contributed by atoms with Gasteiger partial charge in [0, 0.05) is 13.0 Å². The summed E-state index contributed by atoms with van der Waals surface area (Å²) in [4.78, 5) is 4.14. The van der Waals surface area contributed by atoms with Crippen LogP contribution in [0.15, 0.2) is 21.1 Å². The molecule has 0 bridgehead atoms. The van der Waals surface area contributed by atoms with Gasteiger partial charge in [-0.3, -0.25) is 0 Å². The van der Waals surface area contributed by atoms with E-state index in [0.29, 0.717) is 18.9 Å². The SMILES string of the molecule is Cc1cc(-c2cnc(CCN)o2)c(C)o1. The molecule has 0 aromatic carbocycles. The minimum atomic E-state index is 0.545. The number of furan rings is 1. The van der Waals surface area contributed by atoms with Crippen molar-refractivity contribution in [2.45, 2.75) is 20.3 Å². The Bertz CT molecular complexity index is 457. The van der Waals surface area contributed by atoms with Crippen molar-refractivity contribution in [2.24, 2.45) is 5.73 Å². The molecule has 0 atom stereocenters. The maximum atomic E-state index is 5.55. The number of nitrogens with zero attached hydrogens (tertiary/aromatic N) is 1. The van der Waals surface area contributed by atoms with Crippen LogP contribution < -0.4 is 5.73 Å². The third-order valence-electron chi connectivity index (χ3n) is 2.22. The standard InChI is InChI=1S/C11H14N2O2/c1-7-5-9(8(2)14-7)10-6-13-11(15-10)3-4-12/h5-6H,3-4,12H2,1-2H3. The summed E-state index contributed by atoms with van der Waals surface area (Å²) < 4.78 is 11.0. The molecule has 0 fully saturated rings. The second kappa shape index (κ2) is 3.90. The van der Waals surface area contributed by atoms with Gasteiger partial charge in [-0.1, -0.05) is 0 Å². The van der Waals surface area contributed by atoms with Crippen LogP contribution in [-0.4, -0.2) is 11.5 Å². The van der Waals surface area contributed by atoms with E-state index in [1.807, 2.05) is 19.9 Å². The third kappa shape index (κ3) is 1.94. The maximum Gasteiger partial charge on any atom is 0.196 e. The van der Waals surface area contributed by atoms with Crippen LogP contribution in [-0.2, 0) is 6.42 Å². The summed E-state index contributed by atoms with van der Waals surface area (Å²) in [7, 11) is 0. The van der Waals surface area contributed by atoms with E-state index in [1.165, 1.54) is 0 Å². The van der Waals surface area contributed by atoms with Crippen molar-refractivity contribution in [3.63, 3.8) is 0 Å². The smallest absolute Gasteiger partial charge is 0.196 e. The zero-order chi connectivity index (χ0) is 10.8. The Balaban J connectivity index is 2.32. The molecule has 0 aliphatic heterocycles. The van der Waals surface area contributed by atoms with Gasteiger partial charge < -0.3 is 14.6 Å². The third-order valence-corrected chi connectivity index (χ3v) is 2.22. The molecule has 0 saturated carbocycles. The van der Waals surface area contributed by atoms with Crippen molar-refractivity contribution in [3.05, 3.63) is 29.7 Å². The fourth-order valence-corrected chi connectivity index (χ4v) is 1.55. The molecule has 0 amide bonds. The van der Waals surface area contributed by atoms with Crippen molar-refractivity contribution in [1.82, 2.24) is 4.98 Å². The molecule has 0 spiro atoms. The average molecular weight is 206 g/mol. The largest absolute Gasteiger partial charge is 0.466 e. The van der Waals surface area contributed by atoms with Gasteiger partial charge in [0.1, 0.15) is 11.5 Å². The van der Waals surface area contributed by atoms with Gasteiger partial charge in [0.05, 0.1) is 11.8 Å². The van der Waals surface area contributed by atoms with Gasteiger partial charge in [-0.25, -0.2) is 4.98 Å². The molecule has 80 valence electrons. The van der Waals surface area contributed by atoms with Crippen LogP contribution in [0.2, 0.25) is 0 Å². The molecule has 0 radical (unpaired) electrons. The second-order valence-corrected chi connectivity index (χ2v) is 3.48. The highest BCUT2D eigenvalue weighted by Gasteiger charge is 2.11. The van der Waals surface area contributed by atoms with Gasteiger partial charge >= 0.3 is 0 Å². The lowest BCUT2D eigenvalue weighted by molar-refractivity contribution is 0.495. The topological polar surface area (TPSA) is 65.2 Å². The Labute approximate surface area is 88.1 Å². The van der Waals surface area contributed by atoms with Crippen molar-refractivity contribution < 1.29 is 8.83 Å². The summed E-state index contributed by atoms with van der Waals surface area (Å²) in [5.74, 6) is 3.14. The van der Waals surface area contributed by atoms with E-state index in [2.05, 4.69) is 4.98 Å². The van der Waals surface area contributed by atoms with Crippen molar-refractivity contribution >= 4 is 0 Å². The Kier molecular flexibility index (Phi) is 2.60. The lowest BCUT2D eigenvalue weighted by Gasteiger charge is -1.92. The van der Waals surface area contributed by atoms with Crippen molar-refractivity contribution in [2.75, 3.05) is 6.54 Å². The molecule has 2 aromatic heterocycles. The lowest BCUT2D eigenvalue weighted by atomic mass is 10.2. The van der Waals surface area contributed by atoms with E-state index in [1.54, 1.807) is 6.20 Å². The molecule has 2 heterocycles. The zero-order valence-electron chi connectivity index (χ0n) is 8.91. The average Bonchev–Trinajstić information content (AvgIpc) is 2.73. The number of hydrogen-bond donors (Lipinski definition) is 1. The number of nitrogens with two attached hydrogens (primary N) is 1. The van der Waals surface area contributed by atoms with E-state index in [9.17, 15) is 0 Å². The van der Waals surface area contributed by atoms with E-state index in [0.717, 1.165) is 22.8 Å². The number of aryl methyl sites for hydroxylation is 2. The Morgan fingerprint density at radius 3 is 2.73 bits per heavy atom. The van der Waals surface area contributed by atoms with Crippen LogP contribution in [0, 0.1) is 13.8 Å². The van der Waals surface area contributed by atoms with Crippen molar-refractivity contribution in [3.8, 4) is 11.3 Å². The number of aromatic nitrogens is 1. The van der Waals surface area contributed by atoms with Gasteiger partial charge in [0.2, 0.25) is 0 Å². The highest BCUT2D eigenvalue weighted by atomic mass is 16.4. The van der Waals surface area contributed by atoms with Gasteiger partial charge in [-0.15, -0.1) is 0 Å². The van der Waals surface area contributed by atoms with E-state index < -0.39 is 0 Å². The molecule has 0 aliphatic rings. The fourth-order valence-electron chi connectivity index (χ4n) is 1.55. The summed E-state index contributed by atoms with van der Waals surface area (Å²) in [5.41, 5.74) is 6.39. The van der Waals surface area contributed by atoms with Crippen LogP contribution in [0.1, 0.15) is 17.4 Å². The molecule has 0 aliphatic carbocycles. The van der Waals surface area contributed by atoms with Gasteiger partial charge in [0.15, 0.2) is 11.7 Å². The highest BCUT2D eigenvalue weighted by Crippen LogP contribution is 2.26. The fraction of sp³-hybridized carbons (Fsp3) is 0.364. The lowest BCUT2D eigenvalue weighted by Crippen LogP contribution is -2.02. The van der Waals surface area contributed by atoms with Gasteiger partial charge in [0.25, 0.3) is 0 Å². The minimum absolute atomic E-state index is 0.545. The monoisotopic (exact) mass is 206 g/mol. The van der Waals surface area contributed by atoms with Crippen LogP contribution >= 0.6 is 0 Å². The zero-order valence-corrected chi connectivity index (χ0v) is 8.91. The summed E-state index contributed by atoms with van der Waals surface area (Å²) in [6, 6.07) is 1.95. The maximum absolute atomic E-state index is 5.55. The molecule has 2 rings (SSSR count). The summed E-state index contributed by atoms with van der Waals surface area (Å²) in [6.45, 7) is 4.37. The minimum Gasteiger partial charge on any atom is -0.466 e. The van der Waals surface area contributed by atoms with Gasteiger partial charge in [-0.05, 0) is 19.9 Å². The molecule has 4 nitrogen and oxygen atoms in total. The van der Waals surface area contributed by atoms with Crippen LogP contribution in [0.5, 0.6) is 0 Å². The predicted molar refractivity (Wildman–Crippen MR) is 56.4 cm³/mol. The van der Waals surface area contributed by atoms with Crippen molar-refractivity contribution in [1.29, 1.82) is 0 Å². The van der Waals surface area contributed by atoms with Crippen LogP contribution in [0.25, 0.3) is 11.3 Å². The summed E-state index contributed by atoms with van der Waals surface area (Å²) in [5, 5.41) is 0. The highest BCUT2D eigenvalue weighted by molar-refractivity contribution is 5.59. The Morgan fingerprint density at radius 1 is 1.33 bits per heavy atom. The first-order valence-electron chi connectivity index (χ1n) is 4.93. The molecule has 2 N–H and O–H groups in total. The second-order valence-electron chi connectivity index (χ2n) is 3.48. The molecule has 4 heteroatoms. The summed E-state index contributed by atoms with van der Waals surface area (Å²) in [6.07, 6.45) is 2.37. The normalized spacial score (nSPS) is 10.9. The Morgan fingerprint density at radius 2 is 2.13 bits per heavy atom. The molecule has 0 unspecified atom stereocenters.